The molecule has 1 N–H and O–H groups in total. The van der Waals surface area contributed by atoms with E-state index in [0.29, 0.717) is 5.92 Å². The van der Waals surface area contributed by atoms with Gasteiger partial charge in [0.1, 0.15) is 6.67 Å². The van der Waals surface area contributed by atoms with Crippen LogP contribution in [0.25, 0.3) is 0 Å². The fourth-order valence-electron chi connectivity index (χ4n) is 1.14. The molecule has 0 aromatic rings. The molecule has 0 spiro atoms. The Labute approximate surface area is 49.3 Å². The maximum Gasteiger partial charge on any atom is 0.105 e. The van der Waals surface area contributed by atoms with Crippen LogP contribution < -0.4 is 5.32 Å². The summed E-state index contributed by atoms with van der Waals surface area (Å²) in [4.78, 5) is 0. The van der Waals surface area contributed by atoms with Gasteiger partial charge in [0.25, 0.3) is 0 Å². The van der Waals surface area contributed by atoms with E-state index in [1.807, 2.05) is 0 Å². The molecule has 1 nitrogen and oxygen atoms in total. The van der Waals surface area contributed by atoms with Crippen LogP contribution in [0.2, 0.25) is 0 Å². The molecule has 2 atom stereocenters. The zero-order valence-electron chi connectivity index (χ0n) is 5.15. The fraction of sp³-hybridized carbons (Fsp3) is 1.00. The van der Waals surface area contributed by atoms with Crippen molar-refractivity contribution in [1.82, 2.24) is 5.32 Å². The molecule has 1 aliphatic rings. The zero-order chi connectivity index (χ0) is 5.98. The molecule has 8 heavy (non-hydrogen) atoms. The smallest absolute Gasteiger partial charge is 0.105 e. The molecule has 1 saturated heterocycles. The van der Waals surface area contributed by atoms with E-state index < -0.39 is 0 Å². The Kier molecular flexibility index (Phi) is 1.84. The molecular weight excluding hydrogens is 105 g/mol. The molecule has 0 saturated carbocycles. The van der Waals surface area contributed by atoms with Crippen LogP contribution in [0.1, 0.15) is 13.3 Å². The van der Waals surface area contributed by atoms with Crippen molar-refractivity contribution in [3.63, 3.8) is 0 Å². The average molecular weight is 117 g/mol. The van der Waals surface area contributed by atoms with E-state index in [1.165, 1.54) is 0 Å². The maximum atomic E-state index is 11.8. The molecule has 0 amide bonds. The standard InChI is InChI=1S/C6H12FN/c1-5-2-6(3-7)8-4-5/h5-6,8H,2-4H2,1H3. The minimum absolute atomic E-state index is 0.157. The third kappa shape index (κ3) is 1.19. The van der Waals surface area contributed by atoms with Gasteiger partial charge in [-0.05, 0) is 18.9 Å². The summed E-state index contributed by atoms with van der Waals surface area (Å²) in [6.07, 6.45) is 1.01. The second kappa shape index (κ2) is 2.44. The van der Waals surface area contributed by atoms with Crippen molar-refractivity contribution in [2.75, 3.05) is 13.2 Å². The van der Waals surface area contributed by atoms with E-state index in [4.69, 9.17) is 0 Å². The first-order chi connectivity index (χ1) is 3.83. The monoisotopic (exact) mass is 117 g/mol. The summed E-state index contributed by atoms with van der Waals surface area (Å²) < 4.78 is 11.8. The van der Waals surface area contributed by atoms with Gasteiger partial charge in [0.15, 0.2) is 0 Å². The van der Waals surface area contributed by atoms with Gasteiger partial charge in [-0.15, -0.1) is 0 Å². The van der Waals surface area contributed by atoms with Crippen LogP contribution in [0.4, 0.5) is 4.39 Å². The topological polar surface area (TPSA) is 12.0 Å². The molecule has 2 heteroatoms. The van der Waals surface area contributed by atoms with Crippen LogP contribution in [0.15, 0.2) is 0 Å². The molecule has 1 rings (SSSR count). The van der Waals surface area contributed by atoms with E-state index >= 15 is 0 Å². The van der Waals surface area contributed by atoms with Crippen LogP contribution in [-0.4, -0.2) is 19.3 Å². The summed E-state index contributed by atoms with van der Waals surface area (Å²) in [5.41, 5.74) is 0. The molecule has 1 heterocycles. The summed E-state index contributed by atoms with van der Waals surface area (Å²) >= 11 is 0. The first-order valence-corrected chi connectivity index (χ1v) is 3.12. The number of nitrogens with one attached hydrogen (secondary N) is 1. The molecule has 0 aromatic carbocycles. The van der Waals surface area contributed by atoms with Crippen LogP contribution in [0, 0.1) is 5.92 Å². The van der Waals surface area contributed by atoms with Gasteiger partial charge in [-0.1, -0.05) is 6.92 Å². The molecule has 1 aliphatic heterocycles. The molecule has 0 bridgehead atoms. The Morgan fingerprint density at radius 3 is 2.75 bits per heavy atom. The van der Waals surface area contributed by atoms with Gasteiger partial charge in [-0.25, -0.2) is 4.39 Å². The second-order valence-electron chi connectivity index (χ2n) is 2.60. The zero-order valence-corrected chi connectivity index (χ0v) is 5.15. The minimum Gasteiger partial charge on any atom is -0.311 e. The Morgan fingerprint density at radius 2 is 2.50 bits per heavy atom. The van der Waals surface area contributed by atoms with Crippen LogP contribution in [-0.2, 0) is 0 Å². The van der Waals surface area contributed by atoms with Crippen molar-refractivity contribution in [1.29, 1.82) is 0 Å². The summed E-state index contributed by atoms with van der Waals surface area (Å²) in [5.74, 6) is 0.677. The largest absolute Gasteiger partial charge is 0.311 e. The first kappa shape index (κ1) is 6.02. The van der Waals surface area contributed by atoms with Crippen molar-refractivity contribution in [3.05, 3.63) is 0 Å². The second-order valence-corrected chi connectivity index (χ2v) is 2.60. The van der Waals surface area contributed by atoms with E-state index in [0.717, 1.165) is 13.0 Å². The van der Waals surface area contributed by atoms with Crippen LogP contribution in [0.5, 0.6) is 0 Å². The van der Waals surface area contributed by atoms with Crippen molar-refractivity contribution in [2.45, 2.75) is 19.4 Å². The summed E-state index contributed by atoms with van der Waals surface area (Å²) in [6, 6.07) is 0.157. The van der Waals surface area contributed by atoms with E-state index in [1.54, 1.807) is 0 Å². The highest BCUT2D eigenvalue weighted by molar-refractivity contribution is 4.77. The van der Waals surface area contributed by atoms with Gasteiger partial charge < -0.3 is 5.32 Å². The summed E-state index contributed by atoms with van der Waals surface area (Å²) in [6.45, 7) is 2.93. The summed E-state index contributed by atoms with van der Waals surface area (Å²) in [7, 11) is 0. The van der Waals surface area contributed by atoms with Gasteiger partial charge in [0.05, 0.1) is 0 Å². The number of hydrogen-bond donors (Lipinski definition) is 1. The van der Waals surface area contributed by atoms with E-state index in [2.05, 4.69) is 12.2 Å². The van der Waals surface area contributed by atoms with Gasteiger partial charge in [-0.3, -0.25) is 0 Å². The van der Waals surface area contributed by atoms with Crippen molar-refractivity contribution in [2.24, 2.45) is 5.92 Å². The first-order valence-electron chi connectivity index (χ1n) is 3.12. The Balaban J connectivity index is 2.22. The third-order valence-electron chi connectivity index (χ3n) is 1.63. The SMILES string of the molecule is CC1CNC(CF)C1. The Morgan fingerprint density at radius 1 is 1.75 bits per heavy atom. The maximum absolute atomic E-state index is 11.8. The highest BCUT2D eigenvalue weighted by Crippen LogP contribution is 2.12. The van der Waals surface area contributed by atoms with Gasteiger partial charge >= 0.3 is 0 Å². The normalized spacial score (nSPS) is 38.2. The molecule has 2 unspecified atom stereocenters. The number of rotatable bonds is 1. The van der Waals surface area contributed by atoms with Crippen molar-refractivity contribution < 1.29 is 4.39 Å². The lowest BCUT2D eigenvalue weighted by atomic mass is 10.1. The van der Waals surface area contributed by atoms with E-state index in [9.17, 15) is 4.39 Å². The number of alkyl halides is 1. The molecule has 0 radical (unpaired) electrons. The number of hydrogen-bond acceptors (Lipinski definition) is 1. The highest BCUT2D eigenvalue weighted by Gasteiger charge is 2.19. The quantitative estimate of drug-likeness (QED) is 0.539. The molecule has 0 aromatic heterocycles. The van der Waals surface area contributed by atoms with Crippen molar-refractivity contribution >= 4 is 0 Å². The molecular formula is C6H12FN. The molecule has 48 valence electrons. The van der Waals surface area contributed by atoms with Crippen LogP contribution in [0.3, 0.4) is 0 Å². The minimum atomic E-state index is -0.204. The average Bonchev–Trinajstić information content (AvgIpc) is 2.14. The molecule has 0 aliphatic carbocycles. The number of halogens is 1. The van der Waals surface area contributed by atoms with Gasteiger partial charge in [-0.2, -0.15) is 0 Å². The Bertz CT molecular complexity index is 74.9. The molecule has 1 fully saturated rings. The lowest BCUT2D eigenvalue weighted by molar-refractivity contribution is 0.401. The highest BCUT2D eigenvalue weighted by atomic mass is 19.1. The van der Waals surface area contributed by atoms with E-state index in [-0.39, 0.29) is 12.7 Å². The summed E-state index contributed by atoms with van der Waals surface area (Å²) in [5, 5.41) is 3.08. The predicted molar refractivity (Wildman–Crippen MR) is 31.5 cm³/mol. The van der Waals surface area contributed by atoms with Crippen molar-refractivity contribution in [3.8, 4) is 0 Å². The fourth-order valence-corrected chi connectivity index (χ4v) is 1.14. The third-order valence-corrected chi connectivity index (χ3v) is 1.63. The Hall–Kier alpha value is -0.110. The van der Waals surface area contributed by atoms with Gasteiger partial charge in [0.2, 0.25) is 0 Å². The van der Waals surface area contributed by atoms with Crippen LogP contribution >= 0.6 is 0 Å². The van der Waals surface area contributed by atoms with Gasteiger partial charge in [0, 0.05) is 6.04 Å². The lowest BCUT2D eigenvalue weighted by Gasteiger charge is -2.00. The lowest BCUT2D eigenvalue weighted by Crippen LogP contribution is -2.22. The predicted octanol–water partition coefficient (Wildman–Crippen LogP) is 0.954.